The van der Waals surface area contributed by atoms with Gasteiger partial charge in [0.05, 0.1) is 7.11 Å². The number of phenolic OH excluding ortho intramolecular Hbond substituents is 1. The summed E-state index contributed by atoms with van der Waals surface area (Å²) in [5.74, 6) is -1.16. The molecule has 0 amide bonds. The Kier molecular flexibility index (Phi) is 3.48. The van der Waals surface area contributed by atoms with Crippen molar-refractivity contribution in [1.82, 2.24) is 0 Å². The number of hydrogen-bond donors (Lipinski definition) is 2. The van der Waals surface area contributed by atoms with E-state index in [4.69, 9.17) is 10.5 Å². The lowest BCUT2D eigenvalue weighted by molar-refractivity contribution is 0.364. The summed E-state index contributed by atoms with van der Waals surface area (Å²) in [6.45, 7) is 0.340. The van der Waals surface area contributed by atoms with Crippen LogP contribution in [-0.4, -0.2) is 18.8 Å². The van der Waals surface area contributed by atoms with Gasteiger partial charge in [-0.1, -0.05) is 12.2 Å². The molecule has 1 aromatic rings. The summed E-state index contributed by atoms with van der Waals surface area (Å²) in [6.07, 6.45) is 3.18. The van der Waals surface area contributed by atoms with Gasteiger partial charge < -0.3 is 15.6 Å². The van der Waals surface area contributed by atoms with E-state index >= 15 is 0 Å². The lowest BCUT2D eigenvalue weighted by Gasteiger charge is -2.05. The Bertz CT molecular complexity index is 350. The minimum absolute atomic E-state index is 0.0207. The molecule has 0 aliphatic heterocycles. The summed E-state index contributed by atoms with van der Waals surface area (Å²) < 4.78 is 18.0. The Morgan fingerprint density at radius 3 is 2.86 bits per heavy atom. The highest BCUT2D eigenvalue weighted by molar-refractivity contribution is 5.59. The molecule has 0 bridgehead atoms. The van der Waals surface area contributed by atoms with E-state index in [0.29, 0.717) is 12.1 Å². The van der Waals surface area contributed by atoms with Crippen molar-refractivity contribution in [1.29, 1.82) is 0 Å². The first-order chi connectivity index (χ1) is 6.70. The van der Waals surface area contributed by atoms with Crippen molar-refractivity contribution >= 4 is 6.08 Å². The maximum absolute atomic E-state index is 13.2. The first kappa shape index (κ1) is 10.5. The molecule has 3 nitrogen and oxygen atoms in total. The predicted octanol–water partition coefficient (Wildman–Crippen LogP) is 1.51. The smallest absolute Gasteiger partial charge is 0.207 e. The van der Waals surface area contributed by atoms with E-state index in [0.717, 1.165) is 0 Å². The summed E-state index contributed by atoms with van der Waals surface area (Å²) in [7, 11) is 1.34. The van der Waals surface area contributed by atoms with Crippen LogP contribution >= 0.6 is 0 Å². The molecule has 0 atom stereocenters. The highest BCUT2D eigenvalue weighted by Gasteiger charge is 2.10. The van der Waals surface area contributed by atoms with Gasteiger partial charge in [0.2, 0.25) is 5.82 Å². The van der Waals surface area contributed by atoms with E-state index in [9.17, 15) is 9.50 Å². The maximum atomic E-state index is 13.2. The minimum atomic E-state index is -0.758. The third kappa shape index (κ3) is 2.03. The minimum Gasteiger partial charge on any atom is -0.504 e. The molecule has 3 N–H and O–H groups in total. The van der Waals surface area contributed by atoms with E-state index in [2.05, 4.69) is 0 Å². The second kappa shape index (κ2) is 4.62. The monoisotopic (exact) mass is 197 g/mol. The summed E-state index contributed by atoms with van der Waals surface area (Å²) in [6, 6.07) is 3.01. The van der Waals surface area contributed by atoms with Crippen molar-refractivity contribution in [3.8, 4) is 11.5 Å². The SMILES string of the molecule is COc1ccc(/C=C/CN)c(O)c1F. The third-order valence-corrected chi connectivity index (χ3v) is 1.77. The molecule has 1 aromatic carbocycles. The maximum Gasteiger partial charge on any atom is 0.207 e. The van der Waals surface area contributed by atoms with Crippen molar-refractivity contribution in [2.75, 3.05) is 13.7 Å². The van der Waals surface area contributed by atoms with Gasteiger partial charge in [-0.3, -0.25) is 0 Å². The van der Waals surface area contributed by atoms with Gasteiger partial charge in [-0.2, -0.15) is 4.39 Å². The zero-order valence-corrected chi connectivity index (χ0v) is 7.83. The Morgan fingerprint density at radius 2 is 2.29 bits per heavy atom. The van der Waals surface area contributed by atoms with Crippen LogP contribution in [0.4, 0.5) is 4.39 Å². The number of phenols is 1. The highest BCUT2D eigenvalue weighted by Crippen LogP contribution is 2.29. The molecule has 0 aromatic heterocycles. The molecule has 0 saturated heterocycles. The number of benzene rings is 1. The first-order valence-corrected chi connectivity index (χ1v) is 4.12. The molecule has 1 rings (SSSR count). The predicted molar refractivity (Wildman–Crippen MR) is 52.7 cm³/mol. The third-order valence-electron chi connectivity index (χ3n) is 1.77. The first-order valence-electron chi connectivity index (χ1n) is 4.12. The molecule has 0 saturated carbocycles. The second-order valence-corrected chi connectivity index (χ2v) is 2.66. The molecule has 0 unspecified atom stereocenters. The van der Waals surface area contributed by atoms with Crippen LogP contribution in [0.2, 0.25) is 0 Å². The molecule has 76 valence electrons. The van der Waals surface area contributed by atoms with Gasteiger partial charge in [0, 0.05) is 12.1 Å². The summed E-state index contributed by atoms with van der Waals surface area (Å²) in [5, 5.41) is 9.39. The number of nitrogens with two attached hydrogens (primary N) is 1. The Labute approximate surface area is 81.6 Å². The summed E-state index contributed by atoms with van der Waals surface area (Å²) in [5.41, 5.74) is 5.62. The second-order valence-electron chi connectivity index (χ2n) is 2.66. The van der Waals surface area contributed by atoms with Crippen LogP contribution in [0, 0.1) is 5.82 Å². The van der Waals surface area contributed by atoms with E-state index in [1.54, 1.807) is 18.2 Å². The highest BCUT2D eigenvalue weighted by atomic mass is 19.1. The average molecular weight is 197 g/mol. The van der Waals surface area contributed by atoms with Crippen molar-refractivity contribution in [2.45, 2.75) is 0 Å². The quantitative estimate of drug-likeness (QED) is 0.772. The van der Waals surface area contributed by atoms with Crippen LogP contribution in [0.3, 0.4) is 0 Å². The van der Waals surface area contributed by atoms with Crippen LogP contribution in [0.25, 0.3) is 6.08 Å². The number of halogens is 1. The number of aromatic hydroxyl groups is 1. The number of hydrogen-bond acceptors (Lipinski definition) is 3. The van der Waals surface area contributed by atoms with E-state index in [1.807, 2.05) is 0 Å². The van der Waals surface area contributed by atoms with Crippen molar-refractivity contribution in [3.63, 3.8) is 0 Å². The molecule has 4 heteroatoms. The fourth-order valence-electron chi connectivity index (χ4n) is 1.05. The van der Waals surface area contributed by atoms with Gasteiger partial charge in [-0.25, -0.2) is 0 Å². The van der Waals surface area contributed by atoms with Crippen LogP contribution in [0.15, 0.2) is 18.2 Å². The van der Waals surface area contributed by atoms with Gasteiger partial charge in [-0.05, 0) is 12.1 Å². The van der Waals surface area contributed by atoms with Crippen LogP contribution in [0.5, 0.6) is 11.5 Å². The zero-order chi connectivity index (χ0) is 10.6. The van der Waals surface area contributed by atoms with Crippen molar-refractivity contribution < 1.29 is 14.2 Å². The van der Waals surface area contributed by atoms with Gasteiger partial charge >= 0.3 is 0 Å². The lowest BCUT2D eigenvalue weighted by Crippen LogP contribution is -1.93. The summed E-state index contributed by atoms with van der Waals surface area (Å²) in [4.78, 5) is 0. The van der Waals surface area contributed by atoms with Crippen LogP contribution in [-0.2, 0) is 0 Å². The molecule has 0 fully saturated rings. The molecular weight excluding hydrogens is 185 g/mol. The Balaban J connectivity index is 3.10. The van der Waals surface area contributed by atoms with E-state index in [-0.39, 0.29) is 5.75 Å². The molecule has 0 radical (unpaired) electrons. The van der Waals surface area contributed by atoms with Gasteiger partial charge in [0.15, 0.2) is 11.5 Å². The average Bonchev–Trinajstić information content (AvgIpc) is 2.20. The molecular formula is C10H12FNO2. The van der Waals surface area contributed by atoms with Gasteiger partial charge in [-0.15, -0.1) is 0 Å². The molecule has 0 heterocycles. The fraction of sp³-hybridized carbons (Fsp3) is 0.200. The lowest BCUT2D eigenvalue weighted by atomic mass is 10.1. The van der Waals surface area contributed by atoms with E-state index in [1.165, 1.54) is 13.2 Å². The van der Waals surface area contributed by atoms with Gasteiger partial charge in [0.25, 0.3) is 0 Å². The molecule has 0 aliphatic carbocycles. The number of rotatable bonds is 3. The normalized spacial score (nSPS) is 10.8. The van der Waals surface area contributed by atoms with Crippen LogP contribution < -0.4 is 10.5 Å². The fourth-order valence-corrected chi connectivity index (χ4v) is 1.05. The van der Waals surface area contributed by atoms with Crippen molar-refractivity contribution in [2.24, 2.45) is 5.73 Å². The number of methoxy groups -OCH3 is 1. The molecule has 14 heavy (non-hydrogen) atoms. The Morgan fingerprint density at radius 1 is 1.57 bits per heavy atom. The largest absolute Gasteiger partial charge is 0.504 e. The Hall–Kier alpha value is -1.55. The summed E-state index contributed by atoms with van der Waals surface area (Å²) >= 11 is 0. The molecule has 0 aliphatic rings. The van der Waals surface area contributed by atoms with Crippen molar-refractivity contribution in [3.05, 3.63) is 29.6 Å². The van der Waals surface area contributed by atoms with Crippen LogP contribution in [0.1, 0.15) is 5.56 Å². The van der Waals surface area contributed by atoms with Gasteiger partial charge in [0.1, 0.15) is 0 Å². The number of ether oxygens (including phenoxy) is 1. The topological polar surface area (TPSA) is 55.5 Å². The zero-order valence-electron chi connectivity index (χ0n) is 7.83. The standard InChI is InChI=1S/C10H12FNO2/c1-14-8-5-4-7(3-2-6-12)10(13)9(8)11/h2-5,13H,6,12H2,1H3/b3-2+. The molecule has 0 spiro atoms. The van der Waals surface area contributed by atoms with E-state index < -0.39 is 11.6 Å².